The van der Waals surface area contributed by atoms with Gasteiger partial charge in [0, 0.05) is 5.69 Å². The van der Waals surface area contributed by atoms with E-state index in [4.69, 9.17) is 10.5 Å². The Bertz CT molecular complexity index is 629. The van der Waals surface area contributed by atoms with E-state index < -0.39 is 0 Å². The molecule has 0 radical (unpaired) electrons. The number of nitrogens with two attached hydrogens (primary N) is 1. The summed E-state index contributed by atoms with van der Waals surface area (Å²) in [6, 6.07) is 13.4. The van der Waals surface area contributed by atoms with Gasteiger partial charge in [0.25, 0.3) is 0 Å². The molecule has 1 atom stereocenters. The molecule has 2 N–H and O–H groups in total. The van der Waals surface area contributed by atoms with E-state index in [2.05, 4.69) is 0 Å². The molecule has 0 aliphatic carbocycles. The van der Waals surface area contributed by atoms with Crippen LogP contribution in [0.1, 0.15) is 35.1 Å². The van der Waals surface area contributed by atoms with Crippen molar-refractivity contribution < 1.29 is 9.53 Å². The topological polar surface area (TPSA) is 52.3 Å². The van der Waals surface area contributed by atoms with E-state index in [1.807, 2.05) is 57.2 Å². The standard InChI is InChI=1S/C18H21NO2/c1-12-6-4-7-13(2)17(12)11-21-18(20)14(3)15-8-5-9-16(19)10-15/h4-10,14H,11,19H2,1-3H3. The Labute approximate surface area is 125 Å². The minimum Gasteiger partial charge on any atom is -0.460 e. The van der Waals surface area contributed by atoms with Crippen molar-refractivity contribution in [2.24, 2.45) is 0 Å². The maximum absolute atomic E-state index is 12.2. The second-order valence-electron chi connectivity index (χ2n) is 5.37. The van der Waals surface area contributed by atoms with Crippen LogP contribution in [0.4, 0.5) is 5.69 Å². The average molecular weight is 283 g/mol. The lowest BCUT2D eigenvalue weighted by atomic mass is 10.0. The van der Waals surface area contributed by atoms with Crippen LogP contribution in [0.2, 0.25) is 0 Å². The number of ether oxygens (including phenoxy) is 1. The van der Waals surface area contributed by atoms with Crippen LogP contribution in [-0.2, 0) is 16.1 Å². The molecule has 110 valence electrons. The van der Waals surface area contributed by atoms with Crippen LogP contribution < -0.4 is 5.73 Å². The van der Waals surface area contributed by atoms with Crippen molar-refractivity contribution in [2.45, 2.75) is 33.3 Å². The van der Waals surface area contributed by atoms with Crippen LogP contribution in [0.5, 0.6) is 0 Å². The largest absolute Gasteiger partial charge is 0.460 e. The highest BCUT2D eigenvalue weighted by Gasteiger charge is 2.17. The Morgan fingerprint density at radius 2 is 1.76 bits per heavy atom. The van der Waals surface area contributed by atoms with E-state index in [1.165, 1.54) is 0 Å². The molecule has 0 aliphatic heterocycles. The molecule has 2 aromatic carbocycles. The van der Waals surface area contributed by atoms with Gasteiger partial charge in [0.05, 0.1) is 5.92 Å². The maximum atomic E-state index is 12.2. The van der Waals surface area contributed by atoms with Gasteiger partial charge in [-0.25, -0.2) is 0 Å². The molecule has 3 nitrogen and oxygen atoms in total. The van der Waals surface area contributed by atoms with Crippen molar-refractivity contribution in [1.82, 2.24) is 0 Å². The molecule has 0 saturated heterocycles. The number of rotatable bonds is 4. The Kier molecular flexibility index (Phi) is 4.63. The molecular formula is C18H21NO2. The third-order valence-electron chi connectivity index (χ3n) is 3.77. The summed E-state index contributed by atoms with van der Waals surface area (Å²) < 4.78 is 5.47. The van der Waals surface area contributed by atoms with Gasteiger partial charge in [0.1, 0.15) is 6.61 Å². The summed E-state index contributed by atoms with van der Waals surface area (Å²) in [5.74, 6) is -0.555. The number of hydrogen-bond acceptors (Lipinski definition) is 3. The van der Waals surface area contributed by atoms with Crippen LogP contribution >= 0.6 is 0 Å². The van der Waals surface area contributed by atoms with Gasteiger partial charge in [0.15, 0.2) is 0 Å². The summed E-state index contributed by atoms with van der Waals surface area (Å²) in [6.45, 7) is 6.20. The summed E-state index contributed by atoms with van der Waals surface area (Å²) in [5.41, 5.74) is 10.6. The van der Waals surface area contributed by atoms with E-state index in [-0.39, 0.29) is 11.9 Å². The van der Waals surface area contributed by atoms with E-state index in [0.29, 0.717) is 12.3 Å². The van der Waals surface area contributed by atoms with Crippen molar-refractivity contribution in [3.63, 3.8) is 0 Å². The Morgan fingerprint density at radius 3 is 2.38 bits per heavy atom. The molecule has 2 aromatic rings. The van der Waals surface area contributed by atoms with Crippen molar-refractivity contribution in [2.75, 3.05) is 5.73 Å². The molecule has 0 amide bonds. The molecule has 21 heavy (non-hydrogen) atoms. The van der Waals surface area contributed by atoms with E-state index in [9.17, 15) is 4.79 Å². The first-order valence-corrected chi connectivity index (χ1v) is 7.06. The van der Waals surface area contributed by atoms with Crippen LogP contribution in [0.25, 0.3) is 0 Å². The third-order valence-corrected chi connectivity index (χ3v) is 3.77. The van der Waals surface area contributed by atoms with E-state index >= 15 is 0 Å². The van der Waals surface area contributed by atoms with E-state index in [1.54, 1.807) is 6.07 Å². The molecule has 2 rings (SSSR count). The minimum absolute atomic E-state index is 0.233. The van der Waals surface area contributed by atoms with Gasteiger partial charge in [-0.2, -0.15) is 0 Å². The molecule has 0 fully saturated rings. The number of nitrogen functional groups attached to an aromatic ring is 1. The fourth-order valence-corrected chi connectivity index (χ4v) is 2.31. The summed E-state index contributed by atoms with van der Waals surface area (Å²) in [5, 5.41) is 0. The lowest BCUT2D eigenvalue weighted by Crippen LogP contribution is -2.14. The number of benzene rings is 2. The van der Waals surface area contributed by atoms with Crippen molar-refractivity contribution >= 4 is 11.7 Å². The molecule has 0 heterocycles. The number of hydrogen-bond donors (Lipinski definition) is 1. The van der Waals surface area contributed by atoms with Gasteiger partial charge in [-0.05, 0) is 55.2 Å². The summed E-state index contributed by atoms with van der Waals surface area (Å²) in [6.07, 6.45) is 0. The normalized spacial score (nSPS) is 12.0. The van der Waals surface area contributed by atoms with Gasteiger partial charge in [0.2, 0.25) is 0 Å². The van der Waals surface area contributed by atoms with Gasteiger partial charge in [-0.15, -0.1) is 0 Å². The summed E-state index contributed by atoms with van der Waals surface area (Å²) in [4.78, 5) is 12.2. The van der Waals surface area contributed by atoms with Crippen LogP contribution in [0.3, 0.4) is 0 Å². The van der Waals surface area contributed by atoms with Crippen LogP contribution in [-0.4, -0.2) is 5.97 Å². The van der Waals surface area contributed by atoms with Crippen molar-refractivity contribution in [3.8, 4) is 0 Å². The molecule has 0 saturated carbocycles. The second-order valence-corrected chi connectivity index (χ2v) is 5.37. The molecule has 0 aliphatic rings. The first-order chi connectivity index (χ1) is 9.99. The monoisotopic (exact) mass is 283 g/mol. The van der Waals surface area contributed by atoms with E-state index in [0.717, 1.165) is 22.3 Å². The predicted molar refractivity (Wildman–Crippen MR) is 85.0 cm³/mol. The van der Waals surface area contributed by atoms with Crippen molar-refractivity contribution in [1.29, 1.82) is 0 Å². The van der Waals surface area contributed by atoms with Crippen molar-refractivity contribution in [3.05, 3.63) is 64.7 Å². The first kappa shape index (κ1) is 15.1. The predicted octanol–water partition coefficient (Wildman–Crippen LogP) is 3.73. The van der Waals surface area contributed by atoms with Gasteiger partial charge >= 0.3 is 5.97 Å². The molecular weight excluding hydrogens is 262 g/mol. The fraction of sp³-hybridized carbons (Fsp3) is 0.278. The zero-order chi connectivity index (χ0) is 15.4. The molecule has 3 heteroatoms. The third kappa shape index (κ3) is 3.63. The zero-order valence-corrected chi connectivity index (χ0v) is 12.7. The Balaban J connectivity index is 2.05. The second kappa shape index (κ2) is 6.44. The highest BCUT2D eigenvalue weighted by Crippen LogP contribution is 2.21. The Morgan fingerprint density at radius 1 is 1.14 bits per heavy atom. The van der Waals surface area contributed by atoms with Gasteiger partial charge < -0.3 is 10.5 Å². The summed E-state index contributed by atoms with van der Waals surface area (Å²) >= 11 is 0. The number of esters is 1. The van der Waals surface area contributed by atoms with Crippen LogP contribution in [0.15, 0.2) is 42.5 Å². The lowest BCUT2D eigenvalue weighted by molar-refractivity contribution is -0.146. The highest BCUT2D eigenvalue weighted by atomic mass is 16.5. The van der Waals surface area contributed by atoms with Gasteiger partial charge in [-0.3, -0.25) is 4.79 Å². The lowest BCUT2D eigenvalue weighted by Gasteiger charge is -2.14. The zero-order valence-electron chi connectivity index (χ0n) is 12.7. The average Bonchev–Trinajstić information content (AvgIpc) is 2.45. The van der Waals surface area contributed by atoms with Crippen LogP contribution in [0, 0.1) is 13.8 Å². The quantitative estimate of drug-likeness (QED) is 0.687. The number of carbonyl (C=O) groups excluding carboxylic acids is 1. The highest BCUT2D eigenvalue weighted by molar-refractivity contribution is 5.78. The summed E-state index contributed by atoms with van der Waals surface area (Å²) in [7, 11) is 0. The molecule has 1 unspecified atom stereocenters. The number of anilines is 1. The maximum Gasteiger partial charge on any atom is 0.313 e. The first-order valence-electron chi connectivity index (χ1n) is 7.06. The molecule has 0 aromatic heterocycles. The smallest absolute Gasteiger partial charge is 0.313 e. The fourth-order valence-electron chi connectivity index (χ4n) is 2.31. The van der Waals surface area contributed by atoms with Gasteiger partial charge in [-0.1, -0.05) is 30.3 Å². The number of aryl methyl sites for hydroxylation is 2. The number of carbonyl (C=O) groups is 1. The molecule has 0 bridgehead atoms. The molecule has 0 spiro atoms. The Hall–Kier alpha value is -2.29. The minimum atomic E-state index is -0.321. The SMILES string of the molecule is Cc1cccc(C)c1COC(=O)C(C)c1cccc(N)c1.